The Bertz CT molecular complexity index is 857. The van der Waals surface area contributed by atoms with E-state index in [9.17, 15) is 9.18 Å². The molecule has 2 heterocycles. The zero-order valence-corrected chi connectivity index (χ0v) is 15.9. The van der Waals surface area contributed by atoms with E-state index in [0.29, 0.717) is 17.9 Å². The first-order chi connectivity index (χ1) is 13.0. The average molecular weight is 368 g/mol. The number of anilines is 1. The van der Waals surface area contributed by atoms with Gasteiger partial charge in [0.05, 0.1) is 0 Å². The fraction of sp³-hybridized carbons (Fsp3) is 0.476. The van der Waals surface area contributed by atoms with Gasteiger partial charge in [-0.3, -0.25) is 4.79 Å². The van der Waals surface area contributed by atoms with Crippen LogP contribution in [0.5, 0.6) is 0 Å². The molecule has 1 aromatic carbocycles. The highest BCUT2D eigenvalue weighted by molar-refractivity contribution is 5.81. The monoisotopic (exact) mass is 368 g/mol. The number of carbonyl (C=O) groups excluding carboxylic acids is 1. The fourth-order valence-corrected chi connectivity index (χ4v) is 3.75. The van der Waals surface area contributed by atoms with Gasteiger partial charge in [-0.05, 0) is 38.3 Å². The molecule has 6 heteroatoms. The van der Waals surface area contributed by atoms with Gasteiger partial charge in [-0.15, -0.1) is 0 Å². The molecule has 0 N–H and O–H groups in total. The lowest BCUT2D eigenvalue weighted by Gasteiger charge is -2.36. The zero-order chi connectivity index (χ0) is 19.0. The maximum absolute atomic E-state index is 14.2. The van der Waals surface area contributed by atoms with E-state index in [2.05, 4.69) is 14.9 Å². The Labute approximate surface area is 159 Å². The molecule has 27 heavy (non-hydrogen) atoms. The number of benzene rings is 1. The molecule has 1 aromatic heterocycles. The van der Waals surface area contributed by atoms with Gasteiger partial charge >= 0.3 is 0 Å². The Kier molecular flexibility index (Phi) is 4.81. The van der Waals surface area contributed by atoms with E-state index in [0.717, 1.165) is 61.9 Å². The number of halogens is 1. The summed E-state index contributed by atoms with van der Waals surface area (Å²) < 4.78 is 14.2. The highest BCUT2D eigenvalue weighted by Gasteiger charge is 2.35. The molecule has 0 atom stereocenters. The highest BCUT2D eigenvalue weighted by atomic mass is 19.1. The van der Waals surface area contributed by atoms with E-state index in [1.165, 1.54) is 6.07 Å². The zero-order valence-electron chi connectivity index (χ0n) is 15.9. The van der Waals surface area contributed by atoms with Crippen LogP contribution in [0.3, 0.4) is 0 Å². The predicted molar refractivity (Wildman–Crippen MR) is 102 cm³/mol. The molecule has 2 fully saturated rings. The van der Waals surface area contributed by atoms with E-state index < -0.39 is 0 Å². The molecule has 1 saturated heterocycles. The number of carbonyl (C=O) groups is 1. The molecule has 1 aliphatic heterocycles. The van der Waals surface area contributed by atoms with Gasteiger partial charge in [0.2, 0.25) is 5.91 Å². The Morgan fingerprint density at radius 3 is 2.48 bits per heavy atom. The Morgan fingerprint density at radius 2 is 1.81 bits per heavy atom. The van der Waals surface area contributed by atoms with Gasteiger partial charge < -0.3 is 9.80 Å². The van der Waals surface area contributed by atoms with Crippen molar-refractivity contribution in [1.82, 2.24) is 14.9 Å². The van der Waals surface area contributed by atoms with Crippen molar-refractivity contribution in [1.29, 1.82) is 0 Å². The van der Waals surface area contributed by atoms with Crippen LogP contribution < -0.4 is 4.90 Å². The summed E-state index contributed by atoms with van der Waals surface area (Å²) in [5.41, 5.74) is 2.50. The Balaban J connectivity index is 1.57. The van der Waals surface area contributed by atoms with Crippen molar-refractivity contribution in [2.24, 2.45) is 5.92 Å². The molecule has 142 valence electrons. The van der Waals surface area contributed by atoms with E-state index in [4.69, 9.17) is 0 Å². The topological polar surface area (TPSA) is 49.3 Å². The van der Waals surface area contributed by atoms with Crippen molar-refractivity contribution < 1.29 is 9.18 Å². The van der Waals surface area contributed by atoms with Crippen LogP contribution in [0.2, 0.25) is 0 Å². The molecule has 2 aromatic rings. The van der Waals surface area contributed by atoms with Crippen molar-refractivity contribution in [2.75, 3.05) is 31.1 Å². The quantitative estimate of drug-likeness (QED) is 0.833. The summed E-state index contributed by atoms with van der Waals surface area (Å²) in [4.78, 5) is 25.7. The van der Waals surface area contributed by atoms with Gasteiger partial charge in [0.1, 0.15) is 17.5 Å². The molecule has 0 unspecified atom stereocenters. The SMILES string of the molecule is Cc1nc(C)c(Cc2ccccc2F)c(N2CCN(C(=O)C3CC3)CC2)n1. The summed E-state index contributed by atoms with van der Waals surface area (Å²) in [5.74, 6) is 1.95. The van der Waals surface area contributed by atoms with Gasteiger partial charge in [-0.2, -0.15) is 0 Å². The second-order valence-electron chi connectivity index (χ2n) is 7.51. The first-order valence-corrected chi connectivity index (χ1v) is 9.64. The van der Waals surface area contributed by atoms with Crippen LogP contribution in [0.4, 0.5) is 10.2 Å². The van der Waals surface area contributed by atoms with Crippen LogP contribution in [0.25, 0.3) is 0 Å². The second-order valence-corrected chi connectivity index (χ2v) is 7.51. The first kappa shape index (κ1) is 17.9. The van der Waals surface area contributed by atoms with Gasteiger partial charge in [0, 0.05) is 49.8 Å². The van der Waals surface area contributed by atoms with Crippen LogP contribution in [0.1, 0.15) is 35.5 Å². The lowest BCUT2D eigenvalue weighted by Crippen LogP contribution is -2.49. The molecule has 1 amide bonds. The summed E-state index contributed by atoms with van der Waals surface area (Å²) in [6.07, 6.45) is 2.54. The Hall–Kier alpha value is -2.50. The summed E-state index contributed by atoms with van der Waals surface area (Å²) >= 11 is 0. The molecule has 2 aliphatic rings. The minimum absolute atomic E-state index is 0.205. The summed E-state index contributed by atoms with van der Waals surface area (Å²) in [5, 5.41) is 0. The van der Waals surface area contributed by atoms with Gasteiger partial charge in [-0.25, -0.2) is 14.4 Å². The van der Waals surface area contributed by atoms with E-state index in [1.807, 2.05) is 30.9 Å². The summed E-state index contributed by atoms with van der Waals surface area (Å²) in [6, 6.07) is 6.85. The van der Waals surface area contributed by atoms with Gasteiger partial charge in [0.25, 0.3) is 0 Å². The number of amides is 1. The van der Waals surface area contributed by atoms with Crippen molar-refractivity contribution in [3.8, 4) is 0 Å². The number of aromatic nitrogens is 2. The first-order valence-electron chi connectivity index (χ1n) is 9.64. The molecule has 1 aliphatic carbocycles. The Morgan fingerprint density at radius 1 is 1.11 bits per heavy atom. The van der Waals surface area contributed by atoms with Crippen molar-refractivity contribution in [2.45, 2.75) is 33.1 Å². The second kappa shape index (κ2) is 7.25. The minimum atomic E-state index is -0.205. The number of piperazine rings is 1. The third-order valence-electron chi connectivity index (χ3n) is 5.45. The molecule has 4 rings (SSSR count). The number of nitrogens with zero attached hydrogens (tertiary/aromatic N) is 4. The highest BCUT2D eigenvalue weighted by Crippen LogP contribution is 2.32. The molecular formula is C21H25FN4O. The number of hydrogen-bond acceptors (Lipinski definition) is 4. The lowest BCUT2D eigenvalue weighted by atomic mass is 10.0. The maximum Gasteiger partial charge on any atom is 0.225 e. The third-order valence-corrected chi connectivity index (χ3v) is 5.45. The molecule has 1 saturated carbocycles. The molecular weight excluding hydrogens is 343 g/mol. The maximum atomic E-state index is 14.2. The lowest BCUT2D eigenvalue weighted by molar-refractivity contribution is -0.132. The average Bonchev–Trinajstić information content (AvgIpc) is 3.50. The normalized spacial score (nSPS) is 17.3. The minimum Gasteiger partial charge on any atom is -0.353 e. The van der Waals surface area contributed by atoms with Crippen molar-refractivity contribution in [3.63, 3.8) is 0 Å². The summed E-state index contributed by atoms with van der Waals surface area (Å²) in [7, 11) is 0. The smallest absolute Gasteiger partial charge is 0.225 e. The van der Waals surface area contributed by atoms with Crippen LogP contribution in [-0.2, 0) is 11.2 Å². The summed E-state index contributed by atoms with van der Waals surface area (Å²) in [6.45, 7) is 6.78. The van der Waals surface area contributed by atoms with Crippen LogP contribution in [-0.4, -0.2) is 47.0 Å². The standard InChI is InChI=1S/C21H25FN4O/c1-14-18(13-17-5-3-4-6-19(17)22)20(24-15(2)23-14)25-9-11-26(12-10-25)21(27)16-7-8-16/h3-6,16H,7-13H2,1-2H3. The van der Waals surface area contributed by atoms with Crippen LogP contribution in [0.15, 0.2) is 24.3 Å². The van der Waals surface area contributed by atoms with Gasteiger partial charge in [0.15, 0.2) is 0 Å². The largest absolute Gasteiger partial charge is 0.353 e. The third kappa shape index (κ3) is 3.80. The molecule has 0 bridgehead atoms. The van der Waals surface area contributed by atoms with E-state index in [1.54, 1.807) is 6.07 Å². The van der Waals surface area contributed by atoms with E-state index >= 15 is 0 Å². The number of rotatable bonds is 4. The van der Waals surface area contributed by atoms with E-state index in [-0.39, 0.29) is 11.7 Å². The van der Waals surface area contributed by atoms with Crippen LogP contribution >= 0.6 is 0 Å². The number of hydrogen-bond donors (Lipinski definition) is 0. The molecule has 0 radical (unpaired) electrons. The number of aryl methyl sites for hydroxylation is 2. The van der Waals surface area contributed by atoms with Crippen LogP contribution in [0, 0.1) is 25.6 Å². The van der Waals surface area contributed by atoms with Gasteiger partial charge in [-0.1, -0.05) is 18.2 Å². The van der Waals surface area contributed by atoms with Crippen molar-refractivity contribution >= 4 is 11.7 Å². The molecule has 5 nitrogen and oxygen atoms in total. The molecule has 0 spiro atoms. The van der Waals surface area contributed by atoms with Crippen molar-refractivity contribution in [3.05, 3.63) is 52.7 Å². The fourth-order valence-electron chi connectivity index (χ4n) is 3.75. The predicted octanol–water partition coefficient (Wildman–Crippen LogP) is 2.88.